The zero-order valence-corrected chi connectivity index (χ0v) is 15.7. The summed E-state index contributed by atoms with van der Waals surface area (Å²) in [5.41, 5.74) is 2.46. The summed E-state index contributed by atoms with van der Waals surface area (Å²) < 4.78 is 5.41. The molecule has 8 heteroatoms. The van der Waals surface area contributed by atoms with Gasteiger partial charge in [0.25, 0.3) is 5.91 Å². The molecule has 1 aliphatic heterocycles. The van der Waals surface area contributed by atoms with E-state index < -0.39 is 0 Å². The van der Waals surface area contributed by atoms with E-state index in [1.165, 1.54) is 24.2 Å². The van der Waals surface area contributed by atoms with Crippen LogP contribution in [-0.4, -0.2) is 37.4 Å². The minimum atomic E-state index is -0.352. The van der Waals surface area contributed by atoms with Crippen LogP contribution in [0.1, 0.15) is 59.5 Å². The molecular formula is C18H27N3O4S. The number of urea groups is 1. The number of hydrogen-bond acceptors (Lipinski definition) is 5. The van der Waals surface area contributed by atoms with Crippen LogP contribution < -0.4 is 16.1 Å². The molecule has 3 N–H and O–H groups in total. The fourth-order valence-corrected chi connectivity index (χ4v) is 4.11. The van der Waals surface area contributed by atoms with Gasteiger partial charge in [0, 0.05) is 30.5 Å². The predicted octanol–water partition coefficient (Wildman–Crippen LogP) is 2.72. The van der Waals surface area contributed by atoms with E-state index in [4.69, 9.17) is 9.57 Å². The maximum Gasteiger partial charge on any atom is 0.315 e. The molecule has 2 heterocycles. The van der Waals surface area contributed by atoms with E-state index in [1.807, 2.05) is 6.07 Å². The van der Waals surface area contributed by atoms with Crippen LogP contribution in [0.25, 0.3) is 0 Å². The Morgan fingerprint density at radius 2 is 1.96 bits per heavy atom. The maximum absolute atomic E-state index is 12.1. The molecule has 1 unspecified atom stereocenters. The zero-order valence-electron chi connectivity index (χ0n) is 14.9. The Morgan fingerprint density at radius 1 is 1.15 bits per heavy atom. The molecule has 1 saturated heterocycles. The summed E-state index contributed by atoms with van der Waals surface area (Å²) in [6, 6.07) is 3.90. The van der Waals surface area contributed by atoms with Crippen LogP contribution in [0.4, 0.5) is 4.79 Å². The van der Waals surface area contributed by atoms with Gasteiger partial charge in [-0.2, -0.15) is 0 Å². The molecule has 0 radical (unpaired) electrons. The number of hydrogen-bond donors (Lipinski definition) is 3. The Bertz CT molecular complexity index is 595. The van der Waals surface area contributed by atoms with E-state index in [9.17, 15) is 9.59 Å². The topological polar surface area (TPSA) is 88.7 Å². The van der Waals surface area contributed by atoms with Crippen LogP contribution in [0.2, 0.25) is 0 Å². The van der Waals surface area contributed by atoms with Crippen LogP contribution in [-0.2, 0) is 16.0 Å². The third kappa shape index (κ3) is 5.96. The number of ether oxygens (including phenoxy) is 1. The van der Waals surface area contributed by atoms with Crippen molar-refractivity contribution in [3.8, 4) is 0 Å². The molecule has 7 nitrogen and oxygen atoms in total. The standard InChI is InChI=1S/C18H27N3O4S/c22-17(21-25-16-7-3-4-12-24-16)15-9-8-14(26-15)10-11-19-18(23)20-13-5-1-2-6-13/h8-9,13,16H,1-7,10-12H2,(H,21,22)(H2,19,20,23). The SMILES string of the molecule is O=C(NCCc1ccc(C(=O)NOC2CCCCO2)s1)NC1CCCC1. The highest BCUT2D eigenvalue weighted by atomic mass is 32.1. The lowest BCUT2D eigenvalue weighted by atomic mass is 10.2. The molecule has 0 spiro atoms. The number of nitrogens with one attached hydrogen (secondary N) is 3. The van der Waals surface area contributed by atoms with Gasteiger partial charge >= 0.3 is 6.03 Å². The number of hydroxylamine groups is 1. The van der Waals surface area contributed by atoms with Crippen molar-refractivity contribution in [3.05, 3.63) is 21.9 Å². The summed E-state index contributed by atoms with van der Waals surface area (Å²) in [5, 5.41) is 5.88. The molecule has 3 amide bonds. The van der Waals surface area contributed by atoms with Gasteiger partial charge in [-0.25, -0.2) is 15.1 Å². The van der Waals surface area contributed by atoms with Gasteiger partial charge in [-0.15, -0.1) is 11.3 Å². The first-order valence-corrected chi connectivity index (χ1v) is 10.2. The van der Waals surface area contributed by atoms with Crippen LogP contribution in [0.15, 0.2) is 12.1 Å². The number of carbonyl (C=O) groups excluding carboxylic acids is 2. The molecule has 2 aliphatic rings. The monoisotopic (exact) mass is 381 g/mol. The van der Waals surface area contributed by atoms with Crippen molar-refractivity contribution in [3.63, 3.8) is 0 Å². The van der Waals surface area contributed by atoms with E-state index in [2.05, 4.69) is 16.1 Å². The van der Waals surface area contributed by atoms with Crippen molar-refractivity contribution in [2.45, 2.75) is 63.7 Å². The van der Waals surface area contributed by atoms with Crippen molar-refractivity contribution in [2.24, 2.45) is 0 Å². The van der Waals surface area contributed by atoms with Crippen LogP contribution in [0, 0.1) is 0 Å². The highest BCUT2D eigenvalue weighted by molar-refractivity contribution is 7.14. The molecule has 1 aromatic heterocycles. The van der Waals surface area contributed by atoms with E-state index in [1.54, 1.807) is 6.07 Å². The first-order chi connectivity index (χ1) is 12.7. The van der Waals surface area contributed by atoms with Gasteiger partial charge in [-0.1, -0.05) is 12.8 Å². The molecule has 1 atom stereocenters. The highest BCUT2D eigenvalue weighted by Gasteiger charge is 2.18. The molecule has 0 aromatic carbocycles. The Hall–Kier alpha value is -1.64. The molecule has 144 valence electrons. The lowest BCUT2D eigenvalue weighted by Crippen LogP contribution is -2.41. The van der Waals surface area contributed by atoms with Crippen LogP contribution >= 0.6 is 11.3 Å². The van der Waals surface area contributed by atoms with Crippen molar-refractivity contribution >= 4 is 23.3 Å². The summed E-state index contributed by atoms with van der Waals surface area (Å²) in [4.78, 5) is 30.9. The van der Waals surface area contributed by atoms with Crippen molar-refractivity contribution in [1.29, 1.82) is 0 Å². The average molecular weight is 381 g/mol. The minimum absolute atomic E-state index is 0.104. The van der Waals surface area contributed by atoms with Crippen molar-refractivity contribution in [1.82, 2.24) is 16.1 Å². The number of rotatable bonds is 7. The second-order valence-corrected chi connectivity index (χ2v) is 7.91. The minimum Gasteiger partial charge on any atom is -0.350 e. The van der Waals surface area contributed by atoms with E-state index >= 15 is 0 Å². The average Bonchev–Trinajstić information content (AvgIpc) is 3.33. The second-order valence-electron chi connectivity index (χ2n) is 6.74. The molecule has 1 saturated carbocycles. The summed E-state index contributed by atoms with van der Waals surface area (Å²) in [6.45, 7) is 1.22. The largest absolute Gasteiger partial charge is 0.350 e. The van der Waals surface area contributed by atoms with Crippen molar-refractivity contribution < 1.29 is 19.2 Å². The highest BCUT2D eigenvalue weighted by Crippen LogP contribution is 2.18. The molecule has 26 heavy (non-hydrogen) atoms. The second kappa shape index (κ2) is 9.89. The third-order valence-electron chi connectivity index (χ3n) is 4.65. The molecule has 3 rings (SSSR count). The summed E-state index contributed by atoms with van der Waals surface area (Å²) in [6.07, 6.45) is 7.76. The lowest BCUT2D eigenvalue weighted by Gasteiger charge is -2.21. The smallest absolute Gasteiger partial charge is 0.315 e. The summed E-state index contributed by atoms with van der Waals surface area (Å²) >= 11 is 1.41. The fraction of sp³-hybridized carbons (Fsp3) is 0.667. The van der Waals surface area contributed by atoms with Gasteiger partial charge in [0.1, 0.15) is 0 Å². The summed E-state index contributed by atoms with van der Waals surface area (Å²) in [5.74, 6) is -0.262. The van der Waals surface area contributed by atoms with Gasteiger partial charge in [0.05, 0.1) is 4.88 Å². The van der Waals surface area contributed by atoms with E-state index in [0.29, 0.717) is 30.5 Å². The fourth-order valence-electron chi connectivity index (χ4n) is 3.21. The zero-order chi connectivity index (χ0) is 18.2. The number of amides is 3. The lowest BCUT2D eigenvalue weighted by molar-refractivity contribution is -0.186. The van der Waals surface area contributed by atoms with Gasteiger partial charge in [-0.05, 0) is 44.2 Å². The van der Waals surface area contributed by atoms with Crippen LogP contribution in [0.5, 0.6) is 0 Å². The Labute approximate surface area is 157 Å². The first kappa shape index (κ1) is 19.1. The van der Waals surface area contributed by atoms with Gasteiger partial charge in [-0.3, -0.25) is 4.79 Å². The summed E-state index contributed by atoms with van der Waals surface area (Å²) in [7, 11) is 0. The van der Waals surface area contributed by atoms with E-state index in [-0.39, 0.29) is 18.2 Å². The van der Waals surface area contributed by atoms with Gasteiger partial charge in [0.15, 0.2) is 6.29 Å². The van der Waals surface area contributed by atoms with Crippen molar-refractivity contribution in [2.75, 3.05) is 13.2 Å². The predicted molar refractivity (Wildman–Crippen MR) is 99.0 cm³/mol. The van der Waals surface area contributed by atoms with E-state index in [0.717, 1.165) is 37.0 Å². The molecule has 1 aliphatic carbocycles. The van der Waals surface area contributed by atoms with Crippen LogP contribution in [0.3, 0.4) is 0 Å². The quantitative estimate of drug-likeness (QED) is 0.634. The number of thiophene rings is 1. The van der Waals surface area contributed by atoms with Gasteiger partial charge in [0.2, 0.25) is 0 Å². The molecule has 0 bridgehead atoms. The molecular weight excluding hydrogens is 354 g/mol. The third-order valence-corrected chi connectivity index (χ3v) is 5.80. The number of carbonyl (C=O) groups is 2. The first-order valence-electron chi connectivity index (χ1n) is 9.41. The Kier molecular flexibility index (Phi) is 7.28. The Morgan fingerprint density at radius 3 is 2.73 bits per heavy atom. The van der Waals surface area contributed by atoms with Gasteiger partial charge < -0.3 is 15.4 Å². The molecule has 2 fully saturated rings. The normalized spacial score (nSPS) is 20.7. The molecule has 1 aromatic rings. The maximum atomic E-state index is 12.1. The Balaban J connectivity index is 1.34.